The molecular weight excluding hydrogens is 533 g/mol. The summed E-state index contributed by atoms with van der Waals surface area (Å²) in [5, 5.41) is 3.52. The Labute approximate surface area is 228 Å². The number of anilines is 1. The standard InChI is InChI=1S/C27H29Cl2N3O4S/c1-4-30-27(34)20(3)31(17-21-11-8-9-14-24(21)29)26(33)18-32(25-16-10-15-23(28)19(25)2)37(35,36)22-12-6-5-7-13-22/h5-16,20H,4,17-18H2,1-3H3,(H,30,34). The van der Waals surface area contributed by atoms with Gasteiger partial charge in [0.2, 0.25) is 11.8 Å². The largest absolute Gasteiger partial charge is 0.355 e. The Kier molecular flexibility index (Phi) is 9.59. The van der Waals surface area contributed by atoms with Crippen molar-refractivity contribution in [2.45, 2.75) is 38.3 Å². The van der Waals surface area contributed by atoms with Gasteiger partial charge in [-0.2, -0.15) is 0 Å². The van der Waals surface area contributed by atoms with E-state index in [0.717, 1.165) is 4.31 Å². The summed E-state index contributed by atoms with van der Waals surface area (Å²) in [7, 11) is -4.16. The van der Waals surface area contributed by atoms with Gasteiger partial charge in [0.05, 0.1) is 10.6 Å². The van der Waals surface area contributed by atoms with E-state index in [1.807, 2.05) is 0 Å². The number of benzene rings is 3. The summed E-state index contributed by atoms with van der Waals surface area (Å²) in [5.74, 6) is -0.933. The van der Waals surface area contributed by atoms with Crippen LogP contribution in [0.5, 0.6) is 0 Å². The van der Waals surface area contributed by atoms with E-state index in [-0.39, 0.29) is 23.0 Å². The molecule has 0 spiro atoms. The molecule has 0 saturated carbocycles. The molecule has 1 N–H and O–H groups in total. The minimum atomic E-state index is -4.16. The second kappa shape index (κ2) is 12.4. The van der Waals surface area contributed by atoms with Crippen molar-refractivity contribution < 1.29 is 18.0 Å². The second-order valence-electron chi connectivity index (χ2n) is 8.39. The van der Waals surface area contributed by atoms with E-state index in [1.165, 1.54) is 17.0 Å². The number of halogens is 2. The molecule has 0 aliphatic carbocycles. The Bertz CT molecular complexity index is 1370. The summed E-state index contributed by atoms with van der Waals surface area (Å²) in [4.78, 5) is 27.9. The Morgan fingerprint density at radius 3 is 2.19 bits per heavy atom. The summed E-state index contributed by atoms with van der Waals surface area (Å²) in [6.45, 7) is 4.92. The lowest BCUT2D eigenvalue weighted by Crippen LogP contribution is -2.51. The van der Waals surface area contributed by atoms with Gasteiger partial charge < -0.3 is 10.2 Å². The monoisotopic (exact) mass is 561 g/mol. The highest BCUT2D eigenvalue weighted by Gasteiger charge is 2.33. The number of sulfonamides is 1. The number of amides is 2. The molecule has 0 bridgehead atoms. The number of rotatable bonds is 10. The first-order valence-electron chi connectivity index (χ1n) is 11.7. The molecule has 0 aliphatic rings. The average molecular weight is 563 g/mol. The molecule has 7 nitrogen and oxygen atoms in total. The highest BCUT2D eigenvalue weighted by molar-refractivity contribution is 7.92. The highest BCUT2D eigenvalue weighted by Crippen LogP contribution is 2.31. The van der Waals surface area contributed by atoms with Crippen LogP contribution in [0.2, 0.25) is 10.0 Å². The van der Waals surface area contributed by atoms with Crippen molar-refractivity contribution >= 4 is 50.7 Å². The number of likely N-dealkylation sites (N-methyl/N-ethyl adjacent to an activating group) is 1. The van der Waals surface area contributed by atoms with Gasteiger partial charge in [0, 0.05) is 23.1 Å². The number of hydrogen-bond acceptors (Lipinski definition) is 4. The van der Waals surface area contributed by atoms with Gasteiger partial charge in [0.1, 0.15) is 12.6 Å². The van der Waals surface area contributed by atoms with Crippen LogP contribution in [0.1, 0.15) is 25.0 Å². The van der Waals surface area contributed by atoms with Crippen molar-refractivity contribution in [1.82, 2.24) is 10.2 Å². The molecule has 0 aromatic heterocycles. The molecule has 3 rings (SSSR count). The van der Waals surface area contributed by atoms with E-state index in [4.69, 9.17) is 23.2 Å². The number of carbonyl (C=O) groups excluding carboxylic acids is 2. The van der Waals surface area contributed by atoms with E-state index >= 15 is 0 Å². The third-order valence-electron chi connectivity index (χ3n) is 5.93. The fourth-order valence-electron chi connectivity index (χ4n) is 3.81. The Morgan fingerprint density at radius 1 is 0.919 bits per heavy atom. The molecule has 0 saturated heterocycles. The van der Waals surface area contributed by atoms with Gasteiger partial charge in [-0.05, 0) is 62.2 Å². The number of nitrogens with zero attached hydrogens (tertiary/aromatic N) is 2. The molecule has 1 atom stereocenters. The van der Waals surface area contributed by atoms with Crippen LogP contribution in [0.4, 0.5) is 5.69 Å². The van der Waals surface area contributed by atoms with Crippen LogP contribution in [0.15, 0.2) is 77.7 Å². The third kappa shape index (κ3) is 6.63. The molecule has 10 heteroatoms. The molecule has 0 aliphatic heterocycles. The van der Waals surface area contributed by atoms with Crippen molar-refractivity contribution in [2.75, 3.05) is 17.4 Å². The number of nitrogens with one attached hydrogen (secondary N) is 1. The zero-order valence-corrected chi connectivity index (χ0v) is 23.1. The zero-order chi connectivity index (χ0) is 27.2. The van der Waals surface area contributed by atoms with Crippen molar-refractivity contribution in [3.05, 3.63) is 94.0 Å². The SMILES string of the molecule is CCNC(=O)C(C)N(Cc1ccccc1Cl)C(=O)CN(c1cccc(Cl)c1C)S(=O)(=O)c1ccccc1. The van der Waals surface area contributed by atoms with Crippen LogP contribution in [-0.4, -0.2) is 44.3 Å². The molecule has 3 aromatic carbocycles. The Morgan fingerprint density at radius 2 is 1.54 bits per heavy atom. The molecule has 37 heavy (non-hydrogen) atoms. The summed E-state index contributed by atoms with van der Waals surface area (Å²) < 4.78 is 28.6. The van der Waals surface area contributed by atoms with Gasteiger partial charge in [-0.25, -0.2) is 8.42 Å². The quantitative estimate of drug-likeness (QED) is 0.375. The van der Waals surface area contributed by atoms with Gasteiger partial charge in [-0.3, -0.25) is 13.9 Å². The Balaban J connectivity index is 2.08. The van der Waals surface area contributed by atoms with Gasteiger partial charge >= 0.3 is 0 Å². The van der Waals surface area contributed by atoms with Crippen molar-refractivity contribution in [3.8, 4) is 0 Å². The fourth-order valence-corrected chi connectivity index (χ4v) is 5.67. The predicted molar refractivity (Wildman–Crippen MR) is 147 cm³/mol. The molecular formula is C27H29Cl2N3O4S. The van der Waals surface area contributed by atoms with E-state index in [1.54, 1.807) is 81.4 Å². The molecule has 196 valence electrons. The summed E-state index contributed by atoms with van der Waals surface area (Å²) in [6.07, 6.45) is 0. The fraction of sp³-hybridized carbons (Fsp3) is 0.259. The zero-order valence-electron chi connectivity index (χ0n) is 20.8. The smallest absolute Gasteiger partial charge is 0.264 e. The average Bonchev–Trinajstić information content (AvgIpc) is 2.88. The predicted octanol–water partition coefficient (Wildman–Crippen LogP) is 5.05. The first-order valence-corrected chi connectivity index (χ1v) is 13.9. The van der Waals surface area contributed by atoms with Crippen LogP contribution in [0.3, 0.4) is 0 Å². The van der Waals surface area contributed by atoms with Gasteiger partial charge in [0.25, 0.3) is 10.0 Å². The lowest BCUT2D eigenvalue weighted by atomic mass is 10.1. The highest BCUT2D eigenvalue weighted by atomic mass is 35.5. The first-order chi connectivity index (χ1) is 17.6. The third-order valence-corrected chi connectivity index (χ3v) is 8.49. The first kappa shape index (κ1) is 28.5. The minimum Gasteiger partial charge on any atom is -0.355 e. The van der Waals surface area contributed by atoms with Gasteiger partial charge in [0.15, 0.2) is 0 Å². The molecule has 0 fully saturated rings. The number of carbonyl (C=O) groups is 2. The van der Waals surface area contributed by atoms with Crippen LogP contribution in [0.25, 0.3) is 0 Å². The molecule has 0 radical (unpaired) electrons. The van der Waals surface area contributed by atoms with Gasteiger partial charge in [-0.1, -0.05) is 65.7 Å². The van der Waals surface area contributed by atoms with Gasteiger partial charge in [-0.15, -0.1) is 0 Å². The van der Waals surface area contributed by atoms with Crippen LogP contribution in [0, 0.1) is 6.92 Å². The van der Waals surface area contributed by atoms with Crippen LogP contribution < -0.4 is 9.62 Å². The maximum atomic E-state index is 13.8. The lowest BCUT2D eigenvalue weighted by molar-refractivity contribution is -0.139. The molecule has 2 amide bonds. The van der Waals surface area contributed by atoms with Crippen LogP contribution >= 0.6 is 23.2 Å². The van der Waals surface area contributed by atoms with E-state index in [0.29, 0.717) is 27.7 Å². The maximum absolute atomic E-state index is 13.8. The van der Waals surface area contributed by atoms with E-state index in [2.05, 4.69) is 5.32 Å². The molecule has 0 heterocycles. The minimum absolute atomic E-state index is 0.0184. The molecule has 3 aromatic rings. The van der Waals surface area contributed by atoms with Crippen LogP contribution in [-0.2, 0) is 26.2 Å². The summed E-state index contributed by atoms with van der Waals surface area (Å²) >= 11 is 12.7. The summed E-state index contributed by atoms with van der Waals surface area (Å²) in [6, 6.07) is 18.8. The number of hydrogen-bond donors (Lipinski definition) is 1. The lowest BCUT2D eigenvalue weighted by Gasteiger charge is -2.32. The van der Waals surface area contributed by atoms with Crippen molar-refractivity contribution in [3.63, 3.8) is 0 Å². The topological polar surface area (TPSA) is 86.8 Å². The Hall–Kier alpha value is -3.07. The summed E-state index contributed by atoms with van der Waals surface area (Å²) in [5.41, 5.74) is 1.41. The second-order valence-corrected chi connectivity index (χ2v) is 11.1. The van der Waals surface area contributed by atoms with E-state index in [9.17, 15) is 18.0 Å². The van der Waals surface area contributed by atoms with Crippen molar-refractivity contribution in [2.24, 2.45) is 0 Å². The van der Waals surface area contributed by atoms with E-state index < -0.39 is 28.5 Å². The molecule has 1 unspecified atom stereocenters. The normalized spacial score (nSPS) is 12.0. The maximum Gasteiger partial charge on any atom is 0.264 e. The van der Waals surface area contributed by atoms with Crippen molar-refractivity contribution in [1.29, 1.82) is 0 Å².